The molecule has 0 saturated carbocycles. The largest absolute Gasteiger partial charge is 0.497 e. The van der Waals surface area contributed by atoms with Crippen LogP contribution < -0.4 is 15.4 Å². The fourth-order valence-corrected chi connectivity index (χ4v) is 4.15. The van der Waals surface area contributed by atoms with E-state index < -0.39 is 6.04 Å². The monoisotopic (exact) mass is 472 g/mol. The molecule has 0 aliphatic carbocycles. The summed E-state index contributed by atoms with van der Waals surface area (Å²) in [4.78, 5) is 25.9. The Morgan fingerprint density at radius 1 is 0.882 bits per heavy atom. The predicted molar refractivity (Wildman–Crippen MR) is 133 cm³/mol. The van der Waals surface area contributed by atoms with Crippen molar-refractivity contribution in [3.63, 3.8) is 0 Å². The Labute approximate surface area is 201 Å². The topological polar surface area (TPSA) is 93.2 Å². The first-order chi connectivity index (χ1) is 16.6. The molecule has 0 fully saturated rings. The van der Waals surface area contributed by atoms with Crippen LogP contribution in [0.15, 0.2) is 84.9 Å². The third-order valence-electron chi connectivity index (χ3n) is 5.13. The van der Waals surface area contributed by atoms with Gasteiger partial charge in [-0.1, -0.05) is 84.1 Å². The fourth-order valence-electron chi connectivity index (χ4n) is 3.40. The lowest BCUT2D eigenvalue weighted by Gasteiger charge is -2.18. The molecule has 1 atom stereocenters. The second kappa shape index (κ2) is 11.2. The molecule has 7 nitrogen and oxygen atoms in total. The number of amides is 2. The molecule has 3 aromatic carbocycles. The van der Waals surface area contributed by atoms with Gasteiger partial charge in [-0.15, -0.1) is 10.2 Å². The van der Waals surface area contributed by atoms with Gasteiger partial charge >= 0.3 is 0 Å². The number of ether oxygens (including phenoxy) is 1. The highest BCUT2D eigenvalue weighted by Crippen LogP contribution is 2.26. The molecule has 0 aliphatic heterocycles. The summed E-state index contributed by atoms with van der Waals surface area (Å²) in [6.45, 7) is 0. The number of anilines is 1. The third-order valence-corrected chi connectivity index (χ3v) is 6.02. The summed E-state index contributed by atoms with van der Waals surface area (Å²) >= 11 is 1.28. The number of aromatic nitrogens is 2. The van der Waals surface area contributed by atoms with Gasteiger partial charge in [0.1, 0.15) is 16.8 Å². The van der Waals surface area contributed by atoms with Gasteiger partial charge in [0.25, 0.3) is 0 Å². The Morgan fingerprint density at radius 2 is 1.56 bits per heavy atom. The van der Waals surface area contributed by atoms with Gasteiger partial charge in [-0.2, -0.15) is 0 Å². The molecule has 0 bridgehead atoms. The highest BCUT2D eigenvalue weighted by Gasteiger charge is 2.23. The molecule has 4 aromatic rings. The van der Waals surface area contributed by atoms with Gasteiger partial charge in [0.2, 0.25) is 16.9 Å². The Kier molecular flexibility index (Phi) is 7.62. The zero-order valence-corrected chi connectivity index (χ0v) is 19.4. The van der Waals surface area contributed by atoms with E-state index in [1.165, 1.54) is 11.3 Å². The van der Waals surface area contributed by atoms with Crippen molar-refractivity contribution in [2.24, 2.45) is 0 Å². The van der Waals surface area contributed by atoms with E-state index in [0.29, 0.717) is 16.6 Å². The van der Waals surface area contributed by atoms with Crippen LogP contribution in [0.4, 0.5) is 5.13 Å². The van der Waals surface area contributed by atoms with E-state index in [9.17, 15) is 9.59 Å². The number of hydrogen-bond acceptors (Lipinski definition) is 6. The quantitative estimate of drug-likeness (QED) is 0.382. The molecule has 172 valence electrons. The van der Waals surface area contributed by atoms with Crippen LogP contribution >= 0.6 is 11.3 Å². The molecular weight excluding hydrogens is 448 g/mol. The van der Waals surface area contributed by atoms with Crippen molar-refractivity contribution in [1.82, 2.24) is 15.5 Å². The number of hydrogen-bond donors (Lipinski definition) is 2. The number of rotatable bonds is 9. The lowest BCUT2D eigenvalue weighted by Crippen LogP contribution is -2.45. The smallest absolute Gasteiger partial charge is 0.249 e. The number of nitrogens with one attached hydrogen (secondary N) is 2. The van der Waals surface area contributed by atoms with Gasteiger partial charge < -0.3 is 10.1 Å². The molecule has 2 amide bonds. The molecule has 0 aliphatic rings. The summed E-state index contributed by atoms with van der Waals surface area (Å²) in [6, 6.07) is 25.7. The van der Waals surface area contributed by atoms with Crippen LogP contribution in [0, 0.1) is 0 Å². The SMILES string of the molecule is COc1ccc(CC(=O)NC(Cc2ccccc2)C(=O)Nc2nnc(-c3ccccc3)s2)cc1. The average molecular weight is 473 g/mol. The number of carbonyl (C=O) groups is 2. The van der Waals surface area contributed by atoms with E-state index in [2.05, 4.69) is 20.8 Å². The molecule has 8 heteroatoms. The van der Waals surface area contributed by atoms with Crippen LogP contribution in [0.1, 0.15) is 11.1 Å². The van der Waals surface area contributed by atoms with Crippen LogP contribution in [0.2, 0.25) is 0 Å². The van der Waals surface area contributed by atoms with Gasteiger partial charge in [0.05, 0.1) is 13.5 Å². The van der Waals surface area contributed by atoms with Crippen molar-refractivity contribution in [3.8, 4) is 16.3 Å². The first-order valence-electron chi connectivity index (χ1n) is 10.8. The number of methoxy groups -OCH3 is 1. The van der Waals surface area contributed by atoms with Crippen molar-refractivity contribution in [2.75, 3.05) is 12.4 Å². The van der Waals surface area contributed by atoms with Gasteiger partial charge in [-0.05, 0) is 23.3 Å². The third kappa shape index (κ3) is 6.26. The first-order valence-corrected chi connectivity index (χ1v) is 11.6. The van der Waals surface area contributed by atoms with E-state index in [-0.39, 0.29) is 18.2 Å². The van der Waals surface area contributed by atoms with Crippen LogP contribution in [0.25, 0.3) is 10.6 Å². The van der Waals surface area contributed by atoms with Crippen LogP contribution in [-0.2, 0) is 22.4 Å². The molecular formula is C26H24N4O3S. The average Bonchev–Trinajstić information content (AvgIpc) is 3.34. The Morgan fingerprint density at radius 3 is 2.24 bits per heavy atom. The molecule has 1 heterocycles. The first kappa shape index (κ1) is 23.1. The van der Waals surface area contributed by atoms with E-state index in [4.69, 9.17) is 4.74 Å². The van der Waals surface area contributed by atoms with Gasteiger partial charge in [0.15, 0.2) is 0 Å². The van der Waals surface area contributed by atoms with E-state index >= 15 is 0 Å². The van der Waals surface area contributed by atoms with Crippen LogP contribution in [0.5, 0.6) is 5.75 Å². The van der Waals surface area contributed by atoms with E-state index in [1.54, 1.807) is 19.2 Å². The Balaban J connectivity index is 1.45. The highest BCUT2D eigenvalue weighted by atomic mass is 32.1. The lowest BCUT2D eigenvalue weighted by molar-refractivity contribution is -0.126. The van der Waals surface area contributed by atoms with Crippen LogP contribution in [-0.4, -0.2) is 35.2 Å². The summed E-state index contributed by atoms with van der Waals surface area (Å²) in [5.74, 6) is 0.128. The Hall–Kier alpha value is -4.04. The maximum absolute atomic E-state index is 13.1. The normalized spacial score (nSPS) is 11.4. The van der Waals surface area contributed by atoms with Crippen molar-refractivity contribution < 1.29 is 14.3 Å². The summed E-state index contributed by atoms with van der Waals surface area (Å²) in [5.41, 5.74) is 2.69. The van der Waals surface area contributed by atoms with E-state index in [1.807, 2.05) is 72.8 Å². The van der Waals surface area contributed by atoms with Gasteiger partial charge in [0, 0.05) is 12.0 Å². The van der Waals surface area contributed by atoms with Crippen molar-refractivity contribution in [1.29, 1.82) is 0 Å². The van der Waals surface area contributed by atoms with E-state index in [0.717, 1.165) is 22.4 Å². The molecule has 0 saturated heterocycles. The molecule has 2 N–H and O–H groups in total. The molecule has 0 radical (unpaired) electrons. The summed E-state index contributed by atoms with van der Waals surface area (Å²) in [5, 5.41) is 15.0. The highest BCUT2D eigenvalue weighted by molar-refractivity contribution is 7.18. The minimum atomic E-state index is -0.766. The van der Waals surface area contributed by atoms with Crippen molar-refractivity contribution in [3.05, 3.63) is 96.1 Å². The Bertz CT molecular complexity index is 1230. The second-order valence-corrected chi connectivity index (χ2v) is 8.58. The maximum atomic E-state index is 13.1. The number of carbonyl (C=O) groups excluding carboxylic acids is 2. The van der Waals surface area contributed by atoms with Crippen molar-refractivity contribution in [2.45, 2.75) is 18.9 Å². The van der Waals surface area contributed by atoms with Gasteiger partial charge in [-0.3, -0.25) is 14.9 Å². The van der Waals surface area contributed by atoms with Gasteiger partial charge in [-0.25, -0.2) is 0 Å². The zero-order chi connectivity index (χ0) is 23.8. The molecule has 4 rings (SSSR count). The molecule has 0 spiro atoms. The number of benzene rings is 3. The molecule has 34 heavy (non-hydrogen) atoms. The standard InChI is InChI=1S/C26H24N4O3S/c1-33-21-14-12-19(13-15-21)17-23(31)27-22(16-18-8-4-2-5-9-18)24(32)28-26-30-29-25(34-26)20-10-6-3-7-11-20/h2-15,22H,16-17H2,1H3,(H,27,31)(H,28,30,32). The summed E-state index contributed by atoms with van der Waals surface area (Å²) < 4.78 is 5.16. The predicted octanol–water partition coefficient (Wildman–Crippen LogP) is 4.12. The van der Waals surface area contributed by atoms with Crippen molar-refractivity contribution >= 4 is 28.3 Å². The molecule has 1 aromatic heterocycles. The minimum Gasteiger partial charge on any atom is -0.497 e. The molecule has 1 unspecified atom stereocenters. The number of nitrogens with zero attached hydrogens (tertiary/aromatic N) is 2. The fraction of sp³-hybridized carbons (Fsp3) is 0.154. The zero-order valence-electron chi connectivity index (χ0n) is 18.6. The summed E-state index contributed by atoms with van der Waals surface area (Å²) in [6.07, 6.45) is 0.505. The van der Waals surface area contributed by atoms with Crippen LogP contribution in [0.3, 0.4) is 0 Å². The second-order valence-electron chi connectivity index (χ2n) is 7.60. The minimum absolute atomic E-state index is 0.152. The lowest BCUT2D eigenvalue weighted by atomic mass is 10.0. The summed E-state index contributed by atoms with van der Waals surface area (Å²) in [7, 11) is 1.59. The maximum Gasteiger partial charge on any atom is 0.249 e.